The number of piperidine rings is 2. The van der Waals surface area contributed by atoms with E-state index in [0.717, 1.165) is 38.1 Å². The van der Waals surface area contributed by atoms with Crippen LogP contribution in [0.1, 0.15) is 29.8 Å². The summed E-state index contributed by atoms with van der Waals surface area (Å²) in [7, 11) is 0. The van der Waals surface area contributed by atoms with Crippen molar-refractivity contribution in [2.75, 3.05) is 18.0 Å². The Hall–Kier alpha value is -1.78. The van der Waals surface area contributed by atoms with Crippen LogP contribution >= 0.6 is 0 Å². The van der Waals surface area contributed by atoms with Crippen LogP contribution in [0.25, 0.3) is 0 Å². The molecule has 3 heterocycles. The smallest absolute Gasteiger partial charge is 0.220 e. The number of hydrogen-bond acceptors (Lipinski definition) is 4. The van der Waals surface area contributed by atoms with E-state index in [1.165, 1.54) is 0 Å². The van der Waals surface area contributed by atoms with Crippen LogP contribution < -0.4 is 10.2 Å². The van der Waals surface area contributed by atoms with E-state index in [1.807, 2.05) is 6.07 Å². The fraction of sp³-hybridized carbons (Fsp3) is 0.538. The van der Waals surface area contributed by atoms with Crippen molar-refractivity contribution in [2.45, 2.75) is 25.3 Å². The van der Waals surface area contributed by atoms with Gasteiger partial charge in [0.25, 0.3) is 0 Å². The molecule has 18 heavy (non-hydrogen) atoms. The quantitative estimate of drug-likeness (QED) is 0.799. The molecular formula is C13H16N2O3. The number of furan rings is 1. The van der Waals surface area contributed by atoms with Crippen molar-refractivity contribution in [3.8, 4) is 0 Å². The van der Waals surface area contributed by atoms with E-state index >= 15 is 0 Å². The Morgan fingerprint density at radius 2 is 2.28 bits per heavy atom. The number of aldehydes is 1. The molecule has 0 bridgehead atoms. The third-order valence-corrected chi connectivity index (χ3v) is 3.86. The van der Waals surface area contributed by atoms with Crippen molar-refractivity contribution in [2.24, 2.45) is 5.92 Å². The van der Waals surface area contributed by atoms with E-state index in [-0.39, 0.29) is 5.91 Å². The summed E-state index contributed by atoms with van der Waals surface area (Å²) in [6, 6.07) is 3.84. The predicted molar refractivity (Wildman–Crippen MR) is 65.6 cm³/mol. The highest BCUT2D eigenvalue weighted by Crippen LogP contribution is 2.29. The topological polar surface area (TPSA) is 62.6 Å². The summed E-state index contributed by atoms with van der Waals surface area (Å²) in [5.41, 5.74) is 0. The van der Waals surface area contributed by atoms with E-state index in [9.17, 15) is 9.59 Å². The highest BCUT2D eigenvalue weighted by atomic mass is 16.4. The van der Waals surface area contributed by atoms with Gasteiger partial charge in [-0.05, 0) is 24.8 Å². The van der Waals surface area contributed by atoms with Gasteiger partial charge in [-0.3, -0.25) is 9.59 Å². The summed E-state index contributed by atoms with van der Waals surface area (Å²) in [4.78, 5) is 24.1. The van der Waals surface area contributed by atoms with Gasteiger partial charge >= 0.3 is 0 Å². The summed E-state index contributed by atoms with van der Waals surface area (Å²) in [5.74, 6) is 1.78. The molecule has 2 fully saturated rings. The largest absolute Gasteiger partial charge is 0.438 e. The Morgan fingerprint density at radius 3 is 3.06 bits per heavy atom. The second-order valence-corrected chi connectivity index (χ2v) is 5.00. The number of rotatable bonds is 2. The molecule has 1 aromatic rings. The van der Waals surface area contributed by atoms with Crippen LogP contribution in [0.3, 0.4) is 0 Å². The minimum atomic E-state index is 0.172. The number of anilines is 1. The first-order valence-electron chi connectivity index (χ1n) is 6.35. The lowest BCUT2D eigenvalue weighted by Gasteiger charge is -2.41. The lowest BCUT2D eigenvalue weighted by Crippen LogP contribution is -2.54. The number of amides is 1. The minimum absolute atomic E-state index is 0.172. The Labute approximate surface area is 105 Å². The number of carbonyl (C=O) groups is 2. The first-order chi connectivity index (χ1) is 8.76. The van der Waals surface area contributed by atoms with Crippen LogP contribution in [-0.2, 0) is 4.79 Å². The van der Waals surface area contributed by atoms with Gasteiger partial charge in [-0.1, -0.05) is 0 Å². The second kappa shape index (κ2) is 4.48. The second-order valence-electron chi connectivity index (χ2n) is 5.00. The van der Waals surface area contributed by atoms with Gasteiger partial charge in [-0.25, -0.2) is 0 Å². The summed E-state index contributed by atoms with van der Waals surface area (Å²) < 4.78 is 5.44. The van der Waals surface area contributed by atoms with E-state index in [0.29, 0.717) is 24.1 Å². The fourth-order valence-electron chi connectivity index (χ4n) is 2.89. The van der Waals surface area contributed by atoms with Crippen LogP contribution in [0.2, 0.25) is 0 Å². The lowest BCUT2D eigenvalue weighted by atomic mass is 9.85. The van der Waals surface area contributed by atoms with Crippen molar-refractivity contribution in [1.82, 2.24) is 5.32 Å². The van der Waals surface area contributed by atoms with Crippen LogP contribution in [0.5, 0.6) is 0 Å². The molecule has 1 amide bonds. The molecule has 2 aliphatic heterocycles. The Balaban J connectivity index is 1.70. The molecule has 1 N–H and O–H groups in total. The van der Waals surface area contributed by atoms with Crippen LogP contribution in [-0.4, -0.2) is 31.3 Å². The average Bonchev–Trinajstić information content (AvgIpc) is 2.87. The fourth-order valence-corrected chi connectivity index (χ4v) is 2.89. The maximum atomic E-state index is 11.3. The van der Waals surface area contributed by atoms with Gasteiger partial charge in [0.05, 0.1) is 0 Å². The SMILES string of the molecule is O=Cc1ccc(N2CCC3NC(=O)CCC3C2)o1. The highest BCUT2D eigenvalue weighted by Gasteiger charge is 2.34. The minimum Gasteiger partial charge on any atom is -0.438 e. The van der Waals surface area contributed by atoms with Crippen molar-refractivity contribution in [1.29, 1.82) is 0 Å². The number of hydrogen-bond donors (Lipinski definition) is 1. The Bertz CT molecular complexity index is 469. The molecule has 1 aromatic heterocycles. The van der Waals surface area contributed by atoms with Crippen LogP contribution in [0.15, 0.2) is 16.5 Å². The molecule has 0 aliphatic carbocycles. The molecule has 0 aromatic carbocycles. The zero-order chi connectivity index (χ0) is 12.5. The van der Waals surface area contributed by atoms with Gasteiger partial charge in [-0.2, -0.15) is 0 Å². The molecule has 0 radical (unpaired) electrons. The standard InChI is InChI=1S/C13H16N2O3/c16-8-10-2-4-13(18-10)15-6-5-11-9(7-15)1-3-12(17)14-11/h2,4,8-9,11H,1,3,5-7H2,(H,14,17). The van der Waals surface area contributed by atoms with Crippen molar-refractivity contribution >= 4 is 18.1 Å². The van der Waals surface area contributed by atoms with E-state index in [1.54, 1.807) is 6.07 Å². The molecular weight excluding hydrogens is 232 g/mol. The van der Waals surface area contributed by atoms with E-state index in [2.05, 4.69) is 10.2 Å². The van der Waals surface area contributed by atoms with E-state index in [4.69, 9.17) is 4.42 Å². The molecule has 5 heteroatoms. The van der Waals surface area contributed by atoms with Crippen LogP contribution in [0.4, 0.5) is 5.88 Å². The molecule has 3 rings (SSSR count). The van der Waals surface area contributed by atoms with Crippen molar-refractivity contribution in [3.63, 3.8) is 0 Å². The van der Waals surface area contributed by atoms with Gasteiger partial charge in [0.15, 0.2) is 17.9 Å². The number of carbonyl (C=O) groups excluding carboxylic acids is 2. The normalized spacial score (nSPS) is 27.6. The molecule has 2 saturated heterocycles. The first kappa shape index (κ1) is 11.3. The number of nitrogens with one attached hydrogen (secondary N) is 1. The Kier molecular flexibility index (Phi) is 2.81. The Morgan fingerprint density at radius 1 is 1.39 bits per heavy atom. The third-order valence-electron chi connectivity index (χ3n) is 3.86. The summed E-state index contributed by atoms with van der Waals surface area (Å²) in [6.07, 6.45) is 3.21. The molecule has 0 spiro atoms. The maximum absolute atomic E-state index is 11.3. The molecule has 2 atom stereocenters. The van der Waals surface area contributed by atoms with Gasteiger partial charge < -0.3 is 14.6 Å². The zero-order valence-corrected chi connectivity index (χ0v) is 10.1. The lowest BCUT2D eigenvalue weighted by molar-refractivity contribution is -0.124. The monoisotopic (exact) mass is 248 g/mol. The molecule has 2 unspecified atom stereocenters. The molecule has 0 saturated carbocycles. The number of fused-ring (bicyclic) bond motifs is 1. The van der Waals surface area contributed by atoms with Crippen molar-refractivity contribution in [3.05, 3.63) is 17.9 Å². The highest BCUT2D eigenvalue weighted by molar-refractivity contribution is 5.77. The van der Waals surface area contributed by atoms with E-state index < -0.39 is 0 Å². The average molecular weight is 248 g/mol. The maximum Gasteiger partial charge on any atom is 0.220 e. The summed E-state index contributed by atoms with van der Waals surface area (Å²) in [6.45, 7) is 1.74. The van der Waals surface area contributed by atoms with Gasteiger partial charge in [0, 0.05) is 31.6 Å². The predicted octanol–water partition coefficient (Wildman–Crippen LogP) is 1.20. The number of nitrogens with zero attached hydrogens (tertiary/aromatic N) is 1. The first-order valence-corrected chi connectivity index (χ1v) is 6.35. The van der Waals surface area contributed by atoms with Crippen molar-refractivity contribution < 1.29 is 14.0 Å². The summed E-state index contributed by atoms with van der Waals surface area (Å²) >= 11 is 0. The molecule has 5 nitrogen and oxygen atoms in total. The third kappa shape index (κ3) is 2.00. The molecule has 96 valence electrons. The van der Waals surface area contributed by atoms with Gasteiger partial charge in [0.1, 0.15) is 0 Å². The van der Waals surface area contributed by atoms with Crippen LogP contribution in [0, 0.1) is 5.92 Å². The summed E-state index contributed by atoms with van der Waals surface area (Å²) in [5, 5.41) is 3.05. The zero-order valence-electron chi connectivity index (χ0n) is 10.1. The van der Waals surface area contributed by atoms with Gasteiger partial charge in [-0.15, -0.1) is 0 Å². The van der Waals surface area contributed by atoms with Gasteiger partial charge in [0.2, 0.25) is 5.91 Å². The molecule has 2 aliphatic rings.